The zero-order valence-electron chi connectivity index (χ0n) is 20.0. The first-order valence-electron chi connectivity index (χ1n) is 11.4. The van der Waals surface area contributed by atoms with Gasteiger partial charge >= 0.3 is 0 Å². The lowest BCUT2D eigenvalue weighted by Crippen LogP contribution is -2.29. The molecule has 4 rings (SSSR count). The summed E-state index contributed by atoms with van der Waals surface area (Å²) in [5.74, 6) is -1.47. The Morgan fingerprint density at radius 1 is 1.08 bits per heavy atom. The van der Waals surface area contributed by atoms with Crippen molar-refractivity contribution in [3.63, 3.8) is 0 Å². The van der Waals surface area contributed by atoms with Crippen LogP contribution in [0, 0.1) is 11.3 Å². The van der Waals surface area contributed by atoms with Gasteiger partial charge in [0.15, 0.2) is 0 Å². The van der Waals surface area contributed by atoms with Crippen molar-refractivity contribution in [1.82, 2.24) is 0 Å². The topological polar surface area (TPSA) is 99.9 Å². The van der Waals surface area contributed by atoms with Gasteiger partial charge < -0.3 is 14.6 Å². The number of anilines is 1. The number of Topliss-reactive ketones (excluding diaryl/α,β-unsaturated/α-hetero) is 1. The maximum Gasteiger partial charge on any atom is 0.300 e. The molecule has 1 atom stereocenters. The summed E-state index contributed by atoms with van der Waals surface area (Å²) in [5.41, 5.74) is 1.25. The van der Waals surface area contributed by atoms with Crippen LogP contribution in [0.25, 0.3) is 5.76 Å². The second-order valence-electron chi connectivity index (χ2n) is 8.21. The number of hydrogen-bond donors (Lipinski definition) is 1. The molecule has 0 aromatic heterocycles. The van der Waals surface area contributed by atoms with Gasteiger partial charge in [-0.25, -0.2) is 0 Å². The average Bonchev–Trinajstić information content (AvgIpc) is 3.17. The number of nitrogens with zero attached hydrogens (tertiary/aromatic N) is 2. The molecule has 188 valence electrons. The molecule has 1 heterocycles. The number of benzene rings is 3. The molecule has 1 aliphatic rings. The van der Waals surface area contributed by atoms with Crippen molar-refractivity contribution in [3.8, 4) is 17.6 Å². The molecule has 0 aliphatic carbocycles. The van der Waals surface area contributed by atoms with Crippen LogP contribution in [0.5, 0.6) is 11.5 Å². The third-order valence-electron chi connectivity index (χ3n) is 5.86. The third-order valence-corrected chi connectivity index (χ3v) is 6.35. The minimum Gasteiger partial charge on any atom is -0.507 e. The summed E-state index contributed by atoms with van der Waals surface area (Å²) in [7, 11) is 1.37. The van der Waals surface area contributed by atoms with Crippen molar-refractivity contribution in [3.05, 3.63) is 93.0 Å². The van der Waals surface area contributed by atoms with Crippen LogP contribution in [0.3, 0.4) is 0 Å². The number of ether oxygens (including phenoxy) is 2. The fourth-order valence-electron chi connectivity index (χ4n) is 4.17. The lowest BCUT2D eigenvalue weighted by molar-refractivity contribution is -0.132. The highest BCUT2D eigenvalue weighted by Gasteiger charge is 2.47. The fraction of sp³-hybridized carbons (Fsp3) is 0.179. The fourth-order valence-corrected chi connectivity index (χ4v) is 4.74. The van der Waals surface area contributed by atoms with Crippen LogP contribution < -0.4 is 14.4 Å². The summed E-state index contributed by atoms with van der Waals surface area (Å²) in [6.45, 7) is 2.54. The smallest absolute Gasteiger partial charge is 0.300 e. The van der Waals surface area contributed by atoms with Crippen molar-refractivity contribution in [1.29, 1.82) is 5.26 Å². The third kappa shape index (κ3) is 4.99. The SMILES string of the molecule is CCCOc1ccc(C2/C(=C(\O)c3cc(Cl)cc(Cl)c3OC)C(=O)C(=O)N2c2ccc(C#N)cc2)cc1. The molecular weight excluding hydrogens is 515 g/mol. The number of aliphatic hydroxyl groups excluding tert-OH is 1. The highest BCUT2D eigenvalue weighted by molar-refractivity contribution is 6.52. The lowest BCUT2D eigenvalue weighted by atomic mass is 9.94. The summed E-state index contributed by atoms with van der Waals surface area (Å²) in [6, 6.07) is 17.1. The molecule has 9 heteroatoms. The van der Waals surface area contributed by atoms with Gasteiger partial charge in [-0.1, -0.05) is 42.3 Å². The van der Waals surface area contributed by atoms with Crippen molar-refractivity contribution < 1.29 is 24.2 Å². The van der Waals surface area contributed by atoms with E-state index in [1.807, 2.05) is 13.0 Å². The first kappa shape index (κ1) is 26.1. The van der Waals surface area contributed by atoms with Crippen molar-refractivity contribution in [2.24, 2.45) is 0 Å². The predicted molar refractivity (Wildman–Crippen MR) is 141 cm³/mol. The molecule has 1 amide bonds. The number of hydrogen-bond acceptors (Lipinski definition) is 6. The highest BCUT2D eigenvalue weighted by Crippen LogP contribution is 2.45. The number of carbonyl (C=O) groups is 2. The van der Waals surface area contributed by atoms with E-state index in [0.29, 0.717) is 29.2 Å². The molecule has 7 nitrogen and oxygen atoms in total. The van der Waals surface area contributed by atoms with E-state index in [1.165, 1.54) is 24.1 Å². The Bertz CT molecular complexity index is 1430. The van der Waals surface area contributed by atoms with Crippen LogP contribution in [0.15, 0.2) is 66.2 Å². The van der Waals surface area contributed by atoms with Gasteiger partial charge in [0.1, 0.15) is 17.3 Å². The van der Waals surface area contributed by atoms with E-state index in [1.54, 1.807) is 48.5 Å². The van der Waals surface area contributed by atoms with Crippen molar-refractivity contribution in [2.75, 3.05) is 18.6 Å². The monoisotopic (exact) mass is 536 g/mol. The number of halogens is 2. The number of methoxy groups -OCH3 is 1. The van der Waals surface area contributed by atoms with Gasteiger partial charge in [-0.15, -0.1) is 0 Å². The first-order chi connectivity index (χ1) is 17.8. The summed E-state index contributed by atoms with van der Waals surface area (Å²) < 4.78 is 11.0. The summed E-state index contributed by atoms with van der Waals surface area (Å²) >= 11 is 12.5. The van der Waals surface area contributed by atoms with Crippen molar-refractivity contribution in [2.45, 2.75) is 19.4 Å². The Morgan fingerprint density at radius 3 is 2.35 bits per heavy atom. The number of ketones is 1. The summed E-state index contributed by atoms with van der Waals surface area (Å²) in [4.78, 5) is 28.0. The predicted octanol–water partition coefficient (Wildman–Crippen LogP) is 6.29. The molecule has 1 saturated heterocycles. The molecule has 0 saturated carbocycles. The molecule has 1 aliphatic heterocycles. The van der Waals surface area contributed by atoms with E-state index in [0.717, 1.165) is 6.42 Å². The molecule has 3 aromatic carbocycles. The van der Waals surface area contributed by atoms with Crippen LogP contribution in [-0.4, -0.2) is 30.5 Å². The minimum absolute atomic E-state index is 0.0747. The van der Waals surface area contributed by atoms with Crippen LogP contribution in [0.4, 0.5) is 5.69 Å². The van der Waals surface area contributed by atoms with Crippen LogP contribution >= 0.6 is 23.2 Å². The molecule has 0 bridgehead atoms. The van der Waals surface area contributed by atoms with Gasteiger partial charge in [-0.3, -0.25) is 14.5 Å². The summed E-state index contributed by atoms with van der Waals surface area (Å²) in [6.07, 6.45) is 0.838. The maximum absolute atomic E-state index is 13.4. The Labute approximate surface area is 224 Å². The Balaban J connectivity index is 1.93. The molecule has 1 unspecified atom stereocenters. The maximum atomic E-state index is 13.4. The minimum atomic E-state index is -0.990. The van der Waals surface area contributed by atoms with E-state index < -0.39 is 23.5 Å². The van der Waals surface area contributed by atoms with E-state index >= 15 is 0 Å². The van der Waals surface area contributed by atoms with Gasteiger partial charge in [-0.05, 0) is 60.5 Å². The normalized spacial score (nSPS) is 16.5. The highest BCUT2D eigenvalue weighted by atomic mass is 35.5. The Kier molecular flexibility index (Phi) is 7.72. The van der Waals surface area contributed by atoms with Gasteiger partial charge in [0, 0.05) is 10.7 Å². The van der Waals surface area contributed by atoms with Crippen LogP contribution in [-0.2, 0) is 9.59 Å². The van der Waals surface area contributed by atoms with E-state index in [4.69, 9.17) is 32.7 Å². The summed E-state index contributed by atoms with van der Waals surface area (Å²) in [5, 5.41) is 20.9. The Hall–Kier alpha value is -3.99. The number of nitriles is 1. The molecule has 0 radical (unpaired) electrons. The molecule has 37 heavy (non-hydrogen) atoms. The quantitative estimate of drug-likeness (QED) is 0.216. The lowest BCUT2D eigenvalue weighted by Gasteiger charge is -2.26. The zero-order chi connectivity index (χ0) is 26.7. The van der Waals surface area contributed by atoms with Gasteiger partial charge in [-0.2, -0.15) is 5.26 Å². The number of carbonyl (C=O) groups excluding carboxylic acids is 2. The van der Waals surface area contributed by atoms with Gasteiger partial charge in [0.2, 0.25) is 0 Å². The zero-order valence-corrected chi connectivity index (χ0v) is 21.5. The number of rotatable bonds is 7. The average molecular weight is 537 g/mol. The van der Waals surface area contributed by atoms with Gasteiger partial charge in [0.05, 0.1) is 47.6 Å². The second kappa shape index (κ2) is 11.0. The van der Waals surface area contributed by atoms with Crippen molar-refractivity contribution >= 4 is 46.3 Å². The standard InChI is InChI=1S/C28H22Cl2N2O5/c1-3-12-37-20-10-6-17(7-11-20)24-23(25(33)21-13-18(29)14-22(30)27(21)36-2)26(34)28(35)32(24)19-8-4-16(15-31)5-9-19/h4-11,13-14,24,33H,3,12H2,1-2H3/b25-23+. The number of aliphatic hydroxyl groups is 1. The molecule has 0 spiro atoms. The Morgan fingerprint density at radius 2 is 1.76 bits per heavy atom. The van der Waals surface area contributed by atoms with Gasteiger partial charge in [0.25, 0.3) is 11.7 Å². The van der Waals surface area contributed by atoms with Crippen LogP contribution in [0.2, 0.25) is 10.0 Å². The first-order valence-corrected chi connectivity index (χ1v) is 12.1. The molecule has 1 N–H and O–H groups in total. The second-order valence-corrected chi connectivity index (χ2v) is 9.06. The van der Waals surface area contributed by atoms with E-state index in [-0.39, 0.29) is 26.9 Å². The van der Waals surface area contributed by atoms with E-state index in [2.05, 4.69) is 0 Å². The van der Waals surface area contributed by atoms with Crippen LogP contribution in [0.1, 0.15) is 36.1 Å². The number of amides is 1. The molecule has 3 aromatic rings. The van der Waals surface area contributed by atoms with E-state index in [9.17, 15) is 20.0 Å². The largest absolute Gasteiger partial charge is 0.507 e. The molecule has 1 fully saturated rings. The molecular formula is C28H22Cl2N2O5.